The first kappa shape index (κ1) is 19.3. The molecule has 0 aromatic heterocycles. The predicted molar refractivity (Wildman–Crippen MR) is 95.3 cm³/mol. The van der Waals surface area contributed by atoms with Gasteiger partial charge in [-0.15, -0.1) is 0 Å². The largest absolute Gasteiger partial charge is 0.496 e. The number of ether oxygens (including phenoxy) is 3. The third-order valence-corrected chi connectivity index (χ3v) is 4.28. The second-order valence-electron chi connectivity index (χ2n) is 5.30. The number of carbonyl (C=O) groups is 2. The number of nitrogens with one attached hydrogen (secondary N) is 2. The monoisotopic (exact) mass is 412 g/mol. The number of hydrogen-bond donors (Lipinski definition) is 2. The third kappa shape index (κ3) is 4.73. The molecule has 2 N–H and O–H groups in total. The van der Waals surface area contributed by atoms with Crippen LogP contribution in [0.3, 0.4) is 0 Å². The van der Waals surface area contributed by atoms with Crippen LogP contribution in [0.4, 0.5) is 4.79 Å². The average molecular weight is 413 g/mol. The number of benzene rings is 1. The zero-order valence-corrected chi connectivity index (χ0v) is 15.9. The van der Waals surface area contributed by atoms with Crippen LogP contribution >= 0.6 is 15.9 Å². The number of carbonyl (C=O) groups excluding carboxylic acids is 2. The summed E-state index contributed by atoms with van der Waals surface area (Å²) in [6.07, 6.45) is 0. The molecular formula is C17H21BrN2O5. The van der Waals surface area contributed by atoms with Crippen LogP contribution < -0.4 is 15.4 Å². The topological polar surface area (TPSA) is 85.9 Å². The van der Waals surface area contributed by atoms with E-state index in [0.29, 0.717) is 30.2 Å². The standard InChI is InChI=1S/C17H21BrN2O5/c1-4-24-7-8-25-16(21)14-10(2)19-17(22)20-15(14)11-5-6-13(23-3)12(18)9-11/h5-6,9,15H,4,7-8H2,1-3H3,(H2,19,20,22). The minimum atomic E-state index is -0.615. The quantitative estimate of drug-likeness (QED) is 0.530. The van der Waals surface area contributed by atoms with Gasteiger partial charge < -0.3 is 24.8 Å². The van der Waals surface area contributed by atoms with E-state index in [4.69, 9.17) is 14.2 Å². The van der Waals surface area contributed by atoms with Crippen molar-refractivity contribution in [1.29, 1.82) is 0 Å². The molecule has 0 bridgehead atoms. The van der Waals surface area contributed by atoms with Crippen LogP contribution in [-0.4, -0.2) is 38.9 Å². The molecule has 8 heteroatoms. The summed E-state index contributed by atoms with van der Waals surface area (Å²) in [6.45, 7) is 4.57. The molecule has 1 heterocycles. The van der Waals surface area contributed by atoms with Crippen molar-refractivity contribution in [2.45, 2.75) is 19.9 Å². The van der Waals surface area contributed by atoms with E-state index in [1.54, 1.807) is 32.2 Å². The molecule has 7 nitrogen and oxygen atoms in total. The minimum Gasteiger partial charge on any atom is -0.496 e. The van der Waals surface area contributed by atoms with Crippen molar-refractivity contribution < 1.29 is 23.8 Å². The van der Waals surface area contributed by atoms with E-state index in [1.807, 2.05) is 6.92 Å². The van der Waals surface area contributed by atoms with E-state index >= 15 is 0 Å². The Balaban J connectivity index is 2.27. The van der Waals surface area contributed by atoms with E-state index in [9.17, 15) is 9.59 Å². The fourth-order valence-electron chi connectivity index (χ4n) is 2.49. The SMILES string of the molecule is CCOCCOC(=O)C1=C(C)NC(=O)NC1c1ccc(OC)c(Br)c1. The van der Waals surface area contributed by atoms with Gasteiger partial charge in [0.2, 0.25) is 0 Å². The highest BCUT2D eigenvalue weighted by Gasteiger charge is 2.32. The maximum atomic E-state index is 12.5. The molecular weight excluding hydrogens is 392 g/mol. The van der Waals surface area contributed by atoms with Crippen LogP contribution in [0.1, 0.15) is 25.5 Å². The third-order valence-electron chi connectivity index (χ3n) is 3.66. The number of halogens is 1. The Morgan fingerprint density at radius 2 is 2.08 bits per heavy atom. The van der Waals surface area contributed by atoms with Crippen LogP contribution in [0.25, 0.3) is 0 Å². The molecule has 0 spiro atoms. The Bertz CT molecular complexity index is 690. The van der Waals surface area contributed by atoms with Gasteiger partial charge in [-0.25, -0.2) is 9.59 Å². The lowest BCUT2D eigenvalue weighted by Gasteiger charge is -2.28. The highest BCUT2D eigenvalue weighted by atomic mass is 79.9. The molecule has 1 aromatic carbocycles. The molecule has 1 unspecified atom stereocenters. The maximum absolute atomic E-state index is 12.5. The lowest BCUT2D eigenvalue weighted by molar-refractivity contribution is -0.141. The average Bonchev–Trinajstić information content (AvgIpc) is 2.57. The van der Waals surface area contributed by atoms with E-state index in [0.717, 1.165) is 10.0 Å². The smallest absolute Gasteiger partial charge is 0.338 e. The second kappa shape index (κ2) is 8.87. The summed E-state index contributed by atoms with van der Waals surface area (Å²) < 4.78 is 16.4. The van der Waals surface area contributed by atoms with Crippen molar-refractivity contribution in [3.8, 4) is 5.75 Å². The van der Waals surface area contributed by atoms with E-state index in [2.05, 4.69) is 26.6 Å². The molecule has 0 saturated carbocycles. The molecule has 1 aliphatic heterocycles. The Morgan fingerprint density at radius 1 is 1.32 bits per heavy atom. The minimum absolute atomic E-state index is 0.149. The first-order valence-electron chi connectivity index (χ1n) is 7.84. The van der Waals surface area contributed by atoms with Gasteiger partial charge in [-0.2, -0.15) is 0 Å². The van der Waals surface area contributed by atoms with Crippen LogP contribution in [0.5, 0.6) is 5.75 Å². The molecule has 0 radical (unpaired) electrons. The number of methoxy groups -OCH3 is 1. The number of rotatable bonds is 7. The van der Waals surface area contributed by atoms with Crippen LogP contribution in [-0.2, 0) is 14.3 Å². The van der Waals surface area contributed by atoms with Gasteiger partial charge in [-0.1, -0.05) is 6.07 Å². The lowest BCUT2D eigenvalue weighted by Crippen LogP contribution is -2.45. The van der Waals surface area contributed by atoms with Crippen molar-refractivity contribution in [3.05, 3.63) is 39.5 Å². The summed E-state index contributed by atoms with van der Waals surface area (Å²) in [5.74, 6) is 0.159. The van der Waals surface area contributed by atoms with E-state index in [1.165, 1.54) is 0 Å². The van der Waals surface area contributed by atoms with E-state index < -0.39 is 12.0 Å². The van der Waals surface area contributed by atoms with Gasteiger partial charge in [-0.05, 0) is 47.5 Å². The molecule has 0 saturated heterocycles. The van der Waals surface area contributed by atoms with Gasteiger partial charge in [0.15, 0.2) is 0 Å². The van der Waals surface area contributed by atoms with Crippen LogP contribution in [0.2, 0.25) is 0 Å². The fourth-order valence-corrected chi connectivity index (χ4v) is 3.05. The molecule has 1 atom stereocenters. The highest BCUT2D eigenvalue weighted by Crippen LogP contribution is 2.33. The van der Waals surface area contributed by atoms with Crippen molar-refractivity contribution in [3.63, 3.8) is 0 Å². The number of urea groups is 1. The molecule has 2 amide bonds. The molecule has 136 valence electrons. The lowest BCUT2D eigenvalue weighted by atomic mass is 9.95. The van der Waals surface area contributed by atoms with Gasteiger partial charge in [0, 0.05) is 12.3 Å². The molecule has 0 fully saturated rings. The Kier molecular flexibility index (Phi) is 6.83. The highest BCUT2D eigenvalue weighted by molar-refractivity contribution is 9.10. The molecule has 2 rings (SSSR count). The molecule has 1 aromatic rings. The Hall–Kier alpha value is -2.06. The van der Waals surface area contributed by atoms with Gasteiger partial charge in [-0.3, -0.25) is 0 Å². The second-order valence-corrected chi connectivity index (χ2v) is 6.15. The van der Waals surface area contributed by atoms with Crippen molar-refractivity contribution in [1.82, 2.24) is 10.6 Å². The van der Waals surface area contributed by atoms with Gasteiger partial charge in [0.05, 0.1) is 29.8 Å². The summed E-state index contributed by atoms with van der Waals surface area (Å²) in [5, 5.41) is 5.37. The van der Waals surface area contributed by atoms with Gasteiger partial charge in [0.25, 0.3) is 0 Å². The van der Waals surface area contributed by atoms with Gasteiger partial charge in [0.1, 0.15) is 12.4 Å². The summed E-state index contributed by atoms with van der Waals surface area (Å²) in [7, 11) is 1.57. The summed E-state index contributed by atoms with van der Waals surface area (Å²) in [4.78, 5) is 24.4. The Morgan fingerprint density at radius 3 is 2.72 bits per heavy atom. The van der Waals surface area contributed by atoms with E-state index in [-0.39, 0.29) is 12.6 Å². The predicted octanol–water partition coefficient (Wildman–Crippen LogP) is 2.67. The summed E-state index contributed by atoms with van der Waals surface area (Å²) >= 11 is 3.42. The van der Waals surface area contributed by atoms with Crippen molar-refractivity contribution in [2.75, 3.05) is 26.9 Å². The number of esters is 1. The van der Waals surface area contributed by atoms with Crippen molar-refractivity contribution in [2.24, 2.45) is 0 Å². The normalized spacial score (nSPS) is 17.0. The zero-order valence-electron chi connectivity index (χ0n) is 14.3. The van der Waals surface area contributed by atoms with Gasteiger partial charge >= 0.3 is 12.0 Å². The maximum Gasteiger partial charge on any atom is 0.338 e. The first-order chi connectivity index (χ1) is 12.0. The first-order valence-corrected chi connectivity index (χ1v) is 8.63. The van der Waals surface area contributed by atoms with Crippen LogP contribution in [0, 0.1) is 0 Å². The molecule has 25 heavy (non-hydrogen) atoms. The molecule has 0 aliphatic carbocycles. The summed E-state index contributed by atoms with van der Waals surface area (Å²) in [6, 6.07) is 4.37. The molecule has 1 aliphatic rings. The number of allylic oxidation sites excluding steroid dienone is 1. The fraction of sp³-hybridized carbons (Fsp3) is 0.412. The number of amides is 2. The number of hydrogen-bond acceptors (Lipinski definition) is 5. The summed E-state index contributed by atoms with van der Waals surface area (Å²) in [5.41, 5.74) is 1.55. The van der Waals surface area contributed by atoms with Crippen LogP contribution in [0.15, 0.2) is 33.9 Å². The zero-order chi connectivity index (χ0) is 18.4. The Labute approximate surface area is 154 Å². The van der Waals surface area contributed by atoms with Crippen molar-refractivity contribution >= 4 is 27.9 Å².